The van der Waals surface area contributed by atoms with Crippen molar-refractivity contribution in [3.8, 4) is 0 Å². The van der Waals surface area contributed by atoms with Gasteiger partial charge < -0.3 is 0 Å². The van der Waals surface area contributed by atoms with Gasteiger partial charge in [0.25, 0.3) is 0 Å². The largest absolute Gasteiger partial charge is 0.271 e. The third-order valence-corrected chi connectivity index (χ3v) is 4.87. The molecule has 112 valence electrons. The molecule has 0 aliphatic heterocycles. The summed E-state index contributed by atoms with van der Waals surface area (Å²) in [6, 6.07) is 15.5. The fourth-order valence-corrected chi connectivity index (χ4v) is 3.61. The van der Waals surface area contributed by atoms with Crippen molar-refractivity contribution in [3.05, 3.63) is 64.7 Å². The molecule has 0 fully saturated rings. The molecule has 1 unspecified atom stereocenters. The molecule has 1 atom stereocenters. The molecule has 0 aliphatic carbocycles. The molecule has 0 aromatic heterocycles. The number of hydrogen-bond acceptors (Lipinski definition) is 3. The van der Waals surface area contributed by atoms with Gasteiger partial charge in [-0.05, 0) is 44.4 Å². The summed E-state index contributed by atoms with van der Waals surface area (Å²) >= 11 is 1.86. The van der Waals surface area contributed by atoms with Crippen molar-refractivity contribution in [2.24, 2.45) is 5.84 Å². The smallest absolute Gasteiger partial charge is 0.0344 e. The molecule has 2 rings (SSSR count). The van der Waals surface area contributed by atoms with E-state index in [0.29, 0.717) is 0 Å². The van der Waals surface area contributed by atoms with Crippen LogP contribution < -0.4 is 11.3 Å². The molecule has 3 N–H and O–H groups in total. The van der Waals surface area contributed by atoms with Gasteiger partial charge in [0.15, 0.2) is 0 Å². The van der Waals surface area contributed by atoms with E-state index in [-0.39, 0.29) is 6.04 Å². The van der Waals surface area contributed by atoms with Gasteiger partial charge in [0.05, 0.1) is 0 Å². The van der Waals surface area contributed by atoms with E-state index < -0.39 is 0 Å². The van der Waals surface area contributed by atoms with Gasteiger partial charge in [0, 0.05) is 16.7 Å². The van der Waals surface area contributed by atoms with Crippen molar-refractivity contribution in [1.29, 1.82) is 0 Å². The van der Waals surface area contributed by atoms with E-state index in [1.165, 1.54) is 27.1 Å². The van der Waals surface area contributed by atoms with Crippen LogP contribution in [0.15, 0.2) is 47.4 Å². The Morgan fingerprint density at radius 3 is 2.33 bits per heavy atom. The molecular weight excluding hydrogens is 276 g/mol. The number of nitrogens with two attached hydrogens (primary N) is 1. The Morgan fingerprint density at radius 2 is 1.71 bits per heavy atom. The number of aryl methyl sites for hydroxylation is 3. The molecule has 0 heterocycles. The minimum atomic E-state index is 0.274. The zero-order chi connectivity index (χ0) is 15.2. The number of nitrogens with one attached hydrogen (secondary N) is 1. The van der Waals surface area contributed by atoms with E-state index in [4.69, 9.17) is 5.84 Å². The van der Waals surface area contributed by atoms with E-state index in [1.54, 1.807) is 0 Å². The maximum absolute atomic E-state index is 5.74. The average Bonchev–Trinajstić information content (AvgIpc) is 2.44. The van der Waals surface area contributed by atoms with Crippen LogP contribution in [0.3, 0.4) is 0 Å². The molecule has 0 saturated heterocycles. The van der Waals surface area contributed by atoms with Gasteiger partial charge in [0.2, 0.25) is 0 Å². The Balaban J connectivity index is 1.98. The second-order valence-corrected chi connectivity index (χ2v) is 6.70. The summed E-state index contributed by atoms with van der Waals surface area (Å²) in [7, 11) is 0. The van der Waals surface area contributed by atoms with Gasteiger partial charge in [-0.3, -0.25) is 11.3 Å². The molecule has 0 aliphatic rings. The van der Waals surface area contributed by atoms with Crippen molar-refractivity contribution in [2.45, 2.75) is 38.1 Å². The Labute approximate surface area is 132 Å². The minimum absolute atomic E-state index is 0.274. The second kappa shape index (κ2) is 7.64. The molecule has 0 amide bonds. The molecule has 0 spiro atoms. The van der Waals surface area contributed by atoms with E-state index in [2.05, 4.69) is 68.7 Å². The van der Waals surface area contributed by atoms with Crippen LogP contribution in [0.4, 0.5) is 0 Å². The molecule has 21 heavy (non-hydrogen) atoms. The minimum Gasteiger partial charge on any atom is -0.271 e. The number of rotatable bonds is 6. The monoisotopic (exact) mass is 300 g/mol. The topological polar surface area (TPSA) is 38.0 Å². The van der Waals surface area contributed by atoms with E-state index in [9.17, 15) is 0 Å². The third kappa shape index (κ3) is 4.88. The molecule has 0 saturated carbocycles. The molecule has 2 aromatic rings. The van der Waals surface area contributed by atoms with Crippen molar-refractivity contribution >= 4 is 11.8 Å². The summed E-state index contributed by atoms with van der Waals surface area (Å²) in [5.74, 6) is 6.70. The first-order chi connectivity index (χ1) is 10.1. The normalized spacial score (nSPS) is 12.4. The highest BCUT2D eigenvalue weighted by Gasteiger charge is 2.10. The van der Waals surface area contributed by atoms with Gasteiger partial charge >= 0.3 is 0 Å². The molecule has 3 heteroatoms. The summed E-state index contributed by atoms with van der Waals surface area (Å²) in [6.45, 7) is 6.43. The van der Waals surface area contributed by atoms with E-state index >= 15 is 0 Å². The lowest BCUT2D eigenvalue weighted by Crippen LogP contribution is -2.38. The highest BCUT2D eigenvalue weighted by atomic mass is 32.2. The summed E-state index contributed by atoms with van der Waals surface area (Å²) in [5.41, 5.74) is 8.25. The van der Waals surface area contributed by atoms with Crippen molar-refractivity contribution in [3.63, 3.8) is 0 Å². The Bertz CT molecular complexity index is 575. The molecule has 2 nitrogen and oxygen atoms in total. The van der Waals surface area contributed by atoms with Crippen LogP contribution in [0.25, 0.3) is 0 Å². The van der Waals surface area contributed by atoms with Gasteiger partial charge in [0.1, 0.15) is 0 Å². The van der Waals surface area contributed by atoms with Crippen LogP contribution in [0.2, 0.25) is 0 Å². The summed E-state index contributed by atoms with van der Waals surface area (Å²) in [5, 5.41) is 0. The lowest BCUT2D eigenvalue weighted by Gasteiger charge is -2.17. The maximum atomic E-state index is 5.74. The summed E-state index contributed by atoms with van der Waals surface area (Å²) < 4.78 is 0. The van der Waals surface area contributed by atoms with E-state index in [1.807, 2.05) is 11.8 Å². The van der Waals surface area contributed by atoms with Gasteiger partial charge in [-0.15, -0.1) is 11.8 Å². The average molecular weight is 300 g/mol. The quantitative estimate of drug-likeness (QED) is 0.484. The molecule has 0 radical (unpaired) electrons. The number of hydrazine groups is 1. The first-order valence-corrected chi connectivity index (χ1v) is 8.29. The van der Waals surface area contributed by atoms with Crippen LogP contribution in [0.5, 0.6) is 0 Å². The predicted octanol–water partition coefficient (Wildman–Crippen LogP) is 3.78. The van der Waals surface area contributed by atoms with Crippen LogP contribution in [-0.2, 0) is 6.42 Å². The summed E-state index contributed by atoms with van der Waals surface area (Å²) in [6.07, 6.45) is 0.956. The second-order valence-electron chi connectivity index (χ2n) is 5.64. The highest BCUT2D eigenvalue weighted by molar-refractivity contribution is 7.99. The van der Waals surface area contributed by atoms with Gasteiger partial charge in [-0.1, -0.05) is 47.5 Å². The lowest BCUT2D eigenvalue weighted by molar-refractivity contribution is 0.575. The number of hydrogen-bond donors (Lipinski definition) is 2. The van der Waals surface area contributed by atoms with Crippen molar-refractivity contribution in [1.82, 2.24) is 5.43 Å². The number of thioether (sulfide) groups is 1. The van der Waals surface area contributed by atoms with Crippen LogP contribution in [-0.4, -0.2) is 11.8 Å². The standard InChI is InChI=1S/C18H24N2S/c1-13-8-14(2)10-16(9-13)11-17(20-19)12-21-18-7-5-4-6-15(18)3/h4-10,17,20H,11-12,19H2,1-3H3. The SMILES string of the molecule is Cc1cc(C)cc(CC(CSc2ccccc2C)NN)c1. The predicted molar refractivity (Wildman–Crippen MR) is 92.6 cm³/mol. The van der Waals surface area contributed by atoms with Crippen molar-refractivity contribution in [2.75, 3.05) is 5.75 Å². The number of benzene rings is 2. The van der Waals surface area contributed by atoms with Crippen LogP contribution in [0.1, 0.15) is 22.3 Å². The third-order valence-electron chi connectivity index (χ3n) is 3.53. The molecular formula is C18H24N2S. The first-order valence-electron chi connectivity index (χ1n) is 7.30. The first kappa shape index (κ1) is 16.1. The fourth-order valence-electron chi connectivity index (χ4n) is 2.55. The Morgan fingerprint density at radius 1 is 1.05 bits per heavy atom. The Kier molecular flexibility index (Phi) is 5.85. The Hall–Kier alpha value is -1.29. The maximum Gasteiger partial charge on any atom is 0.0344 e. The van der Waals surface area contributed by atoms with Gasteiger partial charge in [-0.2, -0.15) is 0 Å². The lowest BCUT2D eigenvalue weighted by atomic mass is 10.0. The summed E-state index contributed by atoms with van der Waals surface area (Å²) in [4.78, 5) is 1.33. The van der Waals surface area contributed by atoms with Crippen molar-refractivity contribution < 1.29 is 0 Å². The van der Waals surface area contributed by atoms with Gasteiger partial charge in [-0.25, -0.2) is 0 Å². The van der Waals surface area contributed by atoms with Crippen LogP contribution >= 0.6 is 11.8 Å². The zero-order valence-electron chi connectivity index (χ0n) is 13.0. The van der Waals surface area contributed by atoms with Crippen LogP contribution in [0, 0.1) is 20.8 Å². The van der Waals surface area contributed by atoms with E-state index in [0.717, 1.165) is 12.2 Å². The fraction of sp³-hybridized carbons (Fsp3) is 0.333. The molecule has 0 bridgehead atoms. The molecule has 2 aromatic carbocycles. The highest BCUT2D eigenvalue weighted by Crippen LogP contribution is 2.23. The zero-order valence-corrected chi connectivity index (χ0v) is 13.8.